The number of rotatable bonds is 6. The van der Waals surface area contributed by atoms with Crippen LogP contribution in [0.3, 0.4) is 0 Å². The van der Waals surface area contributed by atoms with Gasteiger partial charge in [-0.1, -0.05) is 57.0 Å². The molecule has 1 nitrogen and oxygen atoms in total. The molecule has 0 heterocycles. The van der Waals surface area contributed by atoms with Crippen molar-refractivity contribution < 1.29 is 0 Å². The van der Waals surface area contributed by atoms with Gasteiger partial charge >= 0.3 is 0 Å². The molecule has 1 aromatic rings. The summed E-state index contributed by atoms with van der Waals surface area (Å²) >= 11 is 0. The molecule has 0 spiro atoms. The van der Waals surface area contributed by atoms with Gasteiger partial charge in [-0.3, -0.25) is 0 Å². The Morgan fingerprint density at radius 1 is 1.12 bits per heavy atom. The van der Waals surface area contributed by atoms with E-state index in [4.69, 9.17) is 0 Å². The summed E-state index contributed by atoms with van der Waals surface area (Å²) in [7, 11) is 0. The van der Waals surface area contributed by atoms with E-state index in [2.05, 4.69) is 49.5 Å². The lowest BCUT2D eigenvalue weighted by atomic mass is 9.89. The minimum Gasteiger partial charge on any atom is -0.307 e. The van der Waals surface area contributed by atoms with Crippen molar-refractivity contribution >= 4 is 0 Å². The van der Waals surface area contributed by atoms with Gasteiger partial charge in [0, 0.05) is 12.1 Å². The average molecular weight is 217 g/mol. The van der Waals surface area contributed by atoms with Crippen LogP contribution in [0.5, 0.6) is 0 Å². The highest BCUT2D eigenvalue weighted by molar-refractivity contribution is 5.20. The highest BCUT2D eigenvalue weighted by Gasteiger charge is 2.28. The fourth-order valence-corrected chi connectivity index (χ4v) is 2.43. The predicted octanol–water partition coefficient (Wildman–Crippen LogP) is 3.92. The lowest BCUT2D eigenvalue weighted by Gasteiger charge is -2.27. The van der Waals surface area contributed by atoms with Gasteiger partial charge in [0.15, 0.2) is 0 Å². The Bertz CT molecular complexity index is 298. The Kier molecular flexibility index (Phi) is 4.00. The van der Waals surface area contributed by atoms with E-state index >= 15 is 0 Å². The van der Waals surface area contributed by atoms with Crippen LogP contribution in [0.2, 0.25) is 0 Å². The van der Waals surface area contributed by atoms with E-state index in [-0.39, 0.29) is 0 Å². The van der Waals surface area contributed by atoms with Crippen molar-refractivity contribution in [3.8, 4) is 0 Å². The van der Waals surface area contributed by atoms with Gasteiger partial charge in [-0.15, -0.1) is 0 Å². The molecule has 0 saturated heterocycles. The van der Waals surface area contributed by atoms with Crippen molar-refractivity contribution in [2.24, 2.45) is 5.92 Å². The third kappa shape index (κ3) is 2.85. The highest BCUT2D eigenvalue weighted by atomic mass is 15.0. The van der Waals surface area contributed by atoms with Crippen LogP contribution >= 0.6 is 0 Å². The van der Waals surface area contributed by atoms with Crippen molar-refractivity contribution in [1.29, 1.82) is 0 Å². The van der Waals surface area contributed by atoms with Crippen molar-refractivity contribution in [3.05, 3.63) is 35.9 Å². The topological polar surface area (TPSA) is 12.0 Å². The normalized spacial score (nSPS) is 17.7. The lowest BCUT2D eigenvalue weighted by molar-refractivity contribution is 0.338. The van der Waals surface area contributed by atoms with E-state index in [0.717, 1.165) is 12.0 Å². The zero-order valence-corrected chi connectivity index (χ0v) is 10.4. The Morgan fingerprint density at radius 3 is 2.25 bits per heavy atom. The van der Waals surface area contributed by atoms with Crippen LogP contribution in [-0.2, 0) is 0 Å². The van der Waals surface area contributed by atoms with Gasteiger partial charge in [0.2, 0.25) is 0 Å². The van der Waals surface area contributed by atoms with Crippen molar-refractivity contribution in [2.75, 3.05) is 0 Å². The summed E-state index contributed by atoms with van der Waals surface area (Å²) in [5.74, 6) is 0.767. The van der Waals surface area contributed by atoms with E-state index in [9.17, 15) is 0 Å². The van der Waals surface area contributed by atoms with Crippen molar-refractivity contribution in [1.82, 2.24) is 5.32 Å². The zero-order valence-electron chi connectivity index (χ0n) is 10.4. The van der Waals surface area contributed by atoms with Crippen LogP contribution in [0, 0.1) is 5.92 Å². The number of benzene rings is 1. The SMILES string of the molecule is CCC(CC)C(NC1CC1)c1ccccc1. The van der Waals surface area contributed by atoms with Crippen LogP contribution in [0.15, 0.2) is 30.3 Å². The molecule has 0 radical (unpaired) electrons. The summed E-state index contributed by atoms with van der Waals surface area (Å²) in [6.07, 6.45) is 5.25. The van der Waals surface area contributed by atoms with Gasteiger partial charge in [0.1, 0.15) is 0 Å². The van der Waals surface area contributed by atoms with Gasteiger partial charge in [0.05, 0.1) is 0 Å². The van der Waals surface area contributed by atoms with Crippen LogP contribution in [0.25, 0.3) is 0 Å². The van der Waals surface area contributed by atoms with E-state index in [1.165, 1.54) is 31.2 Å². The molecule has 16 heavy (non-hydrogen) atoms. The number of nitrogens with one attached hydrogen (secondary N) is 1. The maximum atomic E-state index is 3.81. The molecule has 1 aromatic carbocycles. The summed E-state index contributed by atoms with van der Waals surface area (Å²) in [4.78, 5) is 0. The smallest absolute Gasteiger partial charge is 0.0350 e. The number of hydrogen-bond acceptors (Lipinski definition) is 1. The van der Waals surface area contributed by atoms with Crippen molar-refractivity contribution in [2.45, 2.75) is 51.6 Å². The van der Waals surface area contributed by atoms with E-state index in [1.807, 2.05) is 0 Å². The first kappa shape index (κ1) is 11.7. The molecule has 1 N–H and O–H groups in total. The first-order valence-corrected chi connectivity index (χ1v) is 6.66. The third-order valence-electron chi connectivity index (χ3n) is 3.67. The van der Waals surface area contributed by atoms with Crippen LogP contribution in [0.1, 0.15) is 51.1 Å². The van der Waals surface area contributed by atoms with E-state index in [1.54, 1.807) is 0 Å². The molecular formula is C15H23N. The molecule has 1 saturated carbocycles. The molecule has 1 unspecified atom stereocenters. The van der Waals surface area contributed by atoms with Crippen LogP contribution in [-0.4, -0.2) is 6.04 Å². The van der Waals surface area contributed by atoms with Gasteiger partial charge in [-0.05, 0) is 24.3 Å². The fraction of sp³-hybridized carbons (Fsp3) is 0.600. The second-order valence-electron chi connectivity index (χ2n) is 4.91. The summed E-state index contributed by atoms with van der Waals surface area (Å²) in [6.45, 7) is 4.61. The molecule has 1 fully saturated rings. The molecule has 0 aromatic heterocycles. The largest absolute Gasteiger partial charge is 0.307 e. The van der Waals surface area contributed by atoms with E-state index in [0.29, 0.717) is 6.04 Å². The Labute approximate surface area is 99.3 Å². The quantitative estimate of drug-likeness (QED) is 0.761. The number of hydrogen-bond donors (Lipinski definition) is 1. The average Bonchev–Trinajstić information content (AvgIpc) is 3.14. The molecule has 2 rings (SSSR count). The summed E-state index contributed by atoms with van der Waals surface area (Å²) in [5.41, 5.74) is 1.46. The maximum Gasteiger partial charge on any atom is 0.0350 e. The molecule has 1 heteroatoms. The molecule has 0 aliphatic heterocycles. The maximum absolute atomic E-state index is 3.81. The van der Waals surface area contributed by atoms with Gasteiger partial charge in [-0.25, -0.2) is 0 Å². The first-order chi connectivity index (χ1) is 7.85. The monoisotopic (exact) mass is 217 g/mol. The fourth-order valence-electron chi connectivity index (χ4n) is 2.43. The van der Waals surface area contributed by atoms with Crippen molar-refractivity contribution in [3.63, 3.8) is 0 Å². The Balaban J connectivity index is 2.12. The molecule has 1 aliphatic carbocycles. The summed E-state index contributed by atoms with van der Waals surface area (Å²) < 4.78 is 0. The minimum atomic E-state index is 0.559. The Morgan fingerprint density at radius 2 is 1.75 bits per heavy atom. The molecule has 1 atom stereocenters. The lowest BCUT2D eigenvalue weighted by Crippen LogP contribution is -2.29. The van der Waals surface area contributed by atoms with Gasteiger partial charge < -0.3 is 5.32 Å². The van der Waals surface area contributed by atoms with E-state index < -0.39 is 0 Å². The molecule has 88 valence electrons. The third-order valence-corrected chi connectivity index (χ3v) is 3.67. The first-order valence-electron chi connectivity index (χ1n) is 6.66. The Hall–Kier alpha value is -0.820. The summed E-state index contributed by atoms with van der Waals surface area (Å²) in [6, 6.07) is 12.3. The second kappa shape index (κ2) is 5.49. The molecule has 0 amide bonds. The second-order valence-corrected chi connectivity index (χ2v) is 4.91. The molecule has 1 aliphatic rings. The van der Waals surface area contributed by atoms with Gasteiger partial charge in [0.25, 0.3) is 0 Å². The van der Waals surface area contributed by atoms with Crippen LogP contribution in [0.4, 0.5) is 0 Å². The standard InChI is InChI=1S/C15H23N/c1-3-12(4-2)15(16-14-10-11-14)13-8-6-5-7-9-13/h5-9,12,14-16H,3-4,10-11H2,1-2H3. The van der Waals surface area contributed by atoms with Crippen LogP contribution < -0.4 is 5.32 Å². The molecular weight excluding hydrogens is 194 g/mol. The zero-order chi connectivity index (χ0) is 11.4. The molecule has 0 bridgehead atoms. The highest BCUT2D eigenvalue weighted by Crippen LogP contribution is 2.31. The van der Waals surface area contributed by atoms with Gasteiger partial charge in [-0.2, -0.15) is 0 Å². The minimum absolute atomic E-state index is 0.559. The summed E-state index contributed by atoms with van der Waals surface area (Å²) in [5, 5.41) is 3.81. The predicted molar refractivity (Wildman–Crippen MR) is 69.4 cm³/mol.